The molecule has 0 bridgehead atoms. The number of aliphatic hydroxyl groups is 1. The van der Waals surface area contributed by atoms with Gasteiger partial charge in [0.05, 0.1) is 26.0 Å². The van der Waals surface area contributed by atoms with Crippen LogP contribution in [0.1, 0.15) is 19.0 Å². The van der Waals surface area contributed by atoms with Crippen molar-refractivity contribution in [2.24, 2.45) is 11.8 Å². The average molecular weight is 309 g/mol. The van der Waals surface area contributed by atoms with Crippen LogP contribution in [0.4, 0.5) is 0 Å². The Morgan fingerprint density at radius 1 is 1.50 bits per heavy atom. The van der Waals surface area contributed by atoms with Crippen molar-refractivity contribution in [1.82, 2.24) is 25.2 Å². The Kier molecular flexibility index (Phi) is 4.77. The van der Waals surface area contributed by atoms with Crippen molar-refractivity contribution in [2.45, 2.75) is 25.4 Å². The number of hydrogen-bond donors (Lipinski definition) is 2. The van der Waals surface area contributed by atoms with Crippen LogP contribution in [0.5, 0.6) is 0 Å². The molecule has 3 rings (SSSR count). The van der Waals surface area contributed by atoms with Gasteiger partial charge in [-0.15, -0.1) is 5.10 Å². The molecule has 7 nitrogen and oxygen atoms in total. The Morgan fingerprint density at radius 2 is 2.36 bits per heavy atom. The summed E-state index contributed by atoms with van der Waals surface area (Å²) in [6.07, 6.45) is 3.19. The van der Waals surface area contributed by atoms with Crippen molar-refractivity contribution < 1.29 is 9.84 Å². The van der Waals surface area contributed by atoms with Crippen LogP contribution in [0.3, 0.4) is 0 Å². The highest BCUT2D eigenvalue weighted by molar-refractivity contribution is 5.13. The van der Waals surface area contributed by atoms with Crippen molar-refractivity contribution in [3.05, 3.63) is 11.9 Å². The molecule has 3 heterocycles. The van der Waals surface area contributed by atoms with Gasteiger partial charge < -0.3 is 15.2 Å². The standard InChI is InChI=1S/C15H27N5O2/c1-12-5-13(7-16-6-12)8-20-9-14(17-18-20)15(10-21)11-22-4-3-19(15)2/h9,12-13,16,21H,3-8,10-11H2,1-2H3. The minimum absolute atomic E-state index is 0.00971. The van der Waals surface area contributed by atoms with E-state index in [1.165, 1.54) is 6.42 Å². The molecular formula is C15H27N5O2. The van der Waals surface area contributed by atoms with E-state index >= 15 is 0 Å². The zero-order valence-electron chi connectivity index (χ0n) is 13.5. The highest BCUT2D eigenvalue weighted by Gasteiger charge is 2.41. The summed E-state index contributed by atoms with van der Waals surface area (Å²) in [6, 6.07) is 0. The molecule has 1 aromatic heterocycles. The normalized spacial score (nSPS) is 34.0. The minimum Gasteiger partial charge on any atom is -0.394 e. The number of piperidine rings is 1. The zero-order chi connectivity index (χ0) is 15.6. The maximum atomic E-state index is 9.92. The van der Waals surface area contributed by atoms with Crippen LogP contribution >= 0.6 is 0 Å². The molecule has 2 aliphatic rings. The van der Waals surface area contributed by atoms with Crippen LogP contribution in [0.2, 0.25) is 0 Å². The largest absolute Gasteiger partial charge is 0.394 e. The topological polar surface area (TPSA) is 75.4 Å². The Bertz CT molecular complexity index is 494. The first-order chi connectivity index (χ1) is 10.6. The molecule has 3 unspecified atom stereocenters. The van der Waals surface area contributed by atoms with E-state index < -0.39 is 5.54 Å². The van der Waals surface area contributed by atoms with Gasteiger partial charge >= 0.3 is 0 Å². The van der Waals surface area contributed by atoms with E-state index in [0.29, 0.717) is 25.0 Å². The predicted molar refractivity (Wildman–Crippen MR) is 82.4 cm³/mol. The molecule has 0 aromatic carbocycles. The summed E-state index contributed by atoms with van der Waals surface area (Å²) in [5.41, 5.74) is 0.239. The van der Waals surface area contributed by atoms with Crippen LogP contribution in [0.15, 0.2) is 6.20 Å². The number of ether oxygens (including phenoxy) is 1. The summed E-state index contributed by atoms with van der Waals surface area (Å²) in [4.78, 5) is 2.12. The van der Waals surface area contributed by atoms with Gasteiger partial charge in [-0.3, -0.25) is 9.58 Å². The lowest BCUT2D eigenvalue weighted by Crippen LogP contribution is -2.55. The summed E-state index contributed by atoms with van der Waals surface area (Å²) < 4.78 is 7.50. The van der Waals surface area contributed by atoms with Crippen LogP contribution < -0.4 is 5.32 Å². The fraction of sp³-hybridized carbons (Fsp3) is 0.867. The fourth-order valence-corrected chi connectivity index (χ4v) is 3.56. The lowest BCUT2D eigenvalue weighted by Gasteiger charge is -2.42. The molecule has 124 valence electrons. The molecule has 2 N–H and O–H groups in total. The molecule has 0 amide bonds. The molecule has 7 heteroatoms. The van der Waals surface area contributed by atoms with Gasteiger partial charge in [0, 0.05) is 13.1 Å². The van der Waals surface area contributed by atoms with Gasteiger partial charge in [-0.2, -0.15) is 0 Å². The van der Waals surface area contributed by atoms with Gasteiger partial charge in [-0.1, -0.05) is 12.1 Å². The molecule has 2 saturated heterocycles. The van der Waals surface area contributed by atoms with Crippen molar-refractivity contribution >= 4 is 0 Å². The van der Waals surface area contributed by atoms with E-state index in [0.717, 1.165) is 31.9 Å². The van der Waals surface area contributed by atoms with Gasteiger partial charge in [-0.25, -0.2) is 0 Å². The number of aromatic nitrogens is 3. The van der Waals surface area contributed by atoms with E-state index in [-0.39, 0.29) is 6.61 Å². The highest BCUT2D eigenvalue weighted by atomic mass is 16.5. The molecular weight excluding hydrogens is 282 g/mol. The minimum atomic E-state index is -0.561. The van der Waals surface area contributed by atoms with Crippen molar-refractivity contribution in [3.8, 4) is 0 Å². The van der Waals surface area contributed by atoms with E-state index in [4.69, 9.17) is 4.74 Å². The Labute approximate surface area is 131 Å². The second-order valence-corrected chi connectivity index (χ2v) is 6.85. The number of hydrogen-bond acceptors (Lipinski definition) is 6. The fourth-order valence-electron chi connectivity index (χ4n) is 3.56. The van der Waals surface area contributed by atoms with E-state index in [2.05, 4.69) is 27.5 Å². The maximum Gasteiger partial charge on any atom is 0.114 e. The van der Waals surface area contributed by atoms with E-state index in [9.17, 15) is 5.11 Å². The third-order valence-electron chi connectivity index (χ3n) is 5.03. The molecule has 0 spiro atoms. The lowest BCUT2D eigenvalue weighted by molar-refractivity contribution is -0.0859. The monoisotopic (exact) mass is 309 g/mol. The second kappa shape index (κ2) is 6.62. The summed E-state index contributed by atoms with van der Waals surface area (Å²) in [5.74, 6) is 1.30. The van der Waals surface area contributed by atoms with Gasteiger partial charge in [0.25, 0.3) is 0 Å². The maximum absolute atomic E-state index is 9.92. The first-order valence-electron chi connectivity index (χ1n) is 8.15. The quantitative estimate of drug-likeness (QED) is 0.793. The van der Waals surface area contributed by atoms with E-state index in [1.54, 1.807) is 0 Å². The summed E-state index contributed by atoms with van der Waals surface area (Å²) in [7, 11) is 2.00. The molecule has 2 fully saturated rings. The molecule has 1 aromatic rings. The third-order valence-corrected chi connectivity index (χ3v) is 5.03. The van der Waals surface area contributed by atoms with Crippen LogP contribution in [-0.4, -0.2) is 71.5 Å². The molecule has 0 radical (unpaired) electrons. The zero-order valence-corrected chi connectivity index (χ0v) is 13.5. The van der Waals surface area contributed by atoms with Crippen molar-refractivity contribution in [1.29, 1.82) is 0 Å². The molecule has 0 saturated carbocycles. The number of nitrogens with zero attached hydrogens (tertiary/aromatic N) is 4. The summed E-state index contributed by atoms with van der Waals surface area (Å²) in [6.45, 7) is 7.22. The smallest absolute Gasteiger partial charge is 0.114 e. The van der Waals surface area contributed by atoms with Gasteiger partial charge in [0.1, 0.15) is 11.2 Å². The van der Waals surface area contributed by atoms with Crippen LogP contribution in [0, 0.1) is 11.8 Å². The van der Waals surface area contributed by atoms with Crippen LogP contribution in [0.25, 0.3) is 0 Å². The van der Waals surface area contributed by atoms with Crippen LogP contribution in [-0.2, 0) is 16.8 Å². The van der Waals surface area contributed by atoms with Gasteiger partial charge in [0.2, 0.25) is 0 Å². The Balaban J connectivity index is 1.72. The molecule has 2 aliphatic heterocycles. The Hall–Kier alpha value is -1.02. The molecule has 0 aliphatic carbocycles. The van der Waals surface area contributed by atoms with Crippen molar-refractivity contribution in [2.75, 3.05) is 46.5 Å². The number of aliphatic hydroxyl groups excluding tert-OH is 1. The number of likely N-dealkylation sites (N-methyl/N-ethyl adjacent to an activating group) is 1. The summed E-state index contributed by atoms with van der Waals surface area (Å²) in [5, 5.41) is 22.0. The third kappa shape index (κ3) is 3.03. The molecule has 22 heavy (non-hydrogen) atoms. The van der Waals surface area contributed by atoms with E-state index in [1.807, 2.05) is 17.9 Å². The summed E-state index contributed by atoms with van der Waals surface area (Å²) >= 11 is 0. The Morgan fingerprint density at radius 3 is 3.09 bits per heavy atom. The van der Waals surface area contributed by atoms with Gasteiger partial charge in [0.15, 0.2) is 0 Å². The predicted octanol–water partition coefficient (Wildman–Crippen LogP) is -0.327. The second-order valence-electron chi connectivity index (χ2n) is 6.85. The number of morpholine rings is 1. The molecule has 3 atom stereocenters. The highest BCUT2D eigenvalue weighted by Crippen LogP contribution is 2.28. The average Bonchev–Trinajstić information content (AvgIpc) is 2.97. The number of nitrogens with one attached hydrogen (secondary N) is 1. The first-order valence-corrected chi connectivity index (χ1v) is 8.15. The SMILES string of the molecule is CC1CNCC(Cn2cc(C3(CO)COCCN3C)nn2)C1. The number of rotatable bonds is 4. The first kappa shape index (κ1) is 15.9. The lowest BCUT2D eigenvalue weighted by atomic mass is 9.92. The van der Waals surface area contributed by atoms with Crippen molar-refractivity contribution in [3.63, 3.8) is 0 Å². The van der Waals surface area contributed by atoms with Gasteiger partial charge in [-0.05, 0) is 38.4 Å².